The molecule has 144 valence electrons. The molecule has 1 aromatic carbocycles. The van der Waals surface area contributed by atoms with Crippen LogP contribution in [-0.4, -0.2) is 12.5 Å². The van der Waals surface area contributed by atoms with Gasteiger partial charge in [-0.2, -0.15) is 0 Å². The normalized spacial score (nSPS) is 17.2. The van der Waals surface area contributed by atoms with Gasteiger partial charge < -0.3 is 10.2 Å². The van der Waals surface area contributed by atoms with Crippen molar-refractivity contribution in [3.8, 4) is 5.75 Å². The highest BCUT2D eigenvalue weighted by atomic mass is 16.5. The third kappa shape index (κ3) is 6.08. The van der Waals surface area contributed by atoms with E-state index >= 15 is 0 Å². The van der Waals surface area contributed by atoms with Crippen LogP contribution >= 0.6 is 0 Å². The second kappa shape index (κ2) is 10.2. The molecule has 0 spiro atoms. The van der Waals surface area contributed by atoms with Crippen molar-refractivity contribution >= 4 is 12.0 Å². The molecule has 0 unspecified atom stereocenters. The first kappa shape index (κ1) is 20.3. The molecule has 1 fully saturated rings. The summed E-state index contributed by atoms with van der Waals surface area (Å²) in [5.41, 5.74) is 7.04. The van der Waals surface area contributed by atoms with Gasteiger partial charge in [-0.05, 0) is 44.0 Å². The summed E-state index contributed by atoms with van der Waals surface area (Å²) < 4.78 is 5.83. The molecule has 26 heavy (non-hydrogen) atoms. The molecule has 2 N–H and O–H groups in total. The van der Waals surface area contributed by atoms with Crippen molar-refractivity contribution in [1.82, 2.24) is 10.9 Å². The minimum absolute atomic E-state index is 0.00549. The standard InChI is InChI=1S/C22H34N2O2/c1-4-5-6-7-8-9-10-11-16-26-19-14-12-18(13-15-19)17-20-22(2,3)21(25)24-23-20/h12-15,17,23H,4-11,16H2,1-3H3,(H,24,25)/b20-17-. The van der Waals surface area contributed by atoms with E-state index < -0.39 is 5.41 Å². The lowest BCUT2D eigenvalue weighted by Crippen LogP contribution is -2.28. The number of carbonyl (C=O) groups is 1. The van der Waals surface area contributed by atoms with E-state index in [1.165, 1.54) is 44.9 Å². The van der Waals surface area contributed by atoms with E-state index in [1.807, 2.05) is 44.2 Å². The first-order valence-corrected chi connectivity index (χ1v) is 10.1. The molecule has 1 aliphatic heterocycles. The Bertz CT molecular complexity index is 591. The van der Waals surface area contributed by atoms with Gasteiger partial charge in [-0.15, -0.1) is 0 Å². The van der Waals surface area contributed by atoms with E-state index in [4.69, 9.17) is 4.74 Å². The maximum Gasteiger partial charge on any atom is 0.249 e. The van der Waals surface area contributed by atoms with Crippen molar-refractivity contribution in [2.75, 3.05) is 6.61 Å². The van der Waals surface area contributed by atoms with Crippen LogP contribution in [-0.2, 0) is 4.79 Å². The molecule has 1 saturated heterocycles. The number of carbonyl (C=O) groups excluding carboxylic acids is 1. The Morgan fingerprint density at radius 3 is 2.12 bits per heavy atom. The highest BCUT2D eigenvalue weighted by Crippen LogP contribution is 2.29. The summed E-state index contributed by atoms with van der Waals surface area (Å²) in [4.78, 5) is 11.8. The third-order valence-corrected chi connectivity index (χ3v) is 5.01. The van der Waals surface area contributed by atoms with E-state index in [0.29, 0.717) is 0 Å². The fourth-order valence-electron chi connectivity index (χ4n) is 3.03. The van der Waals surface area contributed by atoms with Crippen LogP contribution in [0.5, 0.6) is 5.75 Å². The average Bonchev–Trinajstić information content (AvgIpc) is 2.88. The fraction of sp³-hybridized carbons (Fsp3) is 0.591. The molecule has 4 nitrogen and oxygen atoms in total. The van der Waals surface area contributed by atoms with E-state index in [0.717, 1.165) is 30.0 Å². The summed E-state index contributed by atoms with van der Waals surface area (Å²) in [6.45, 7) is 6.86. The van der Waals surface area contributed by atoms with Gasteiger partial charge in [-0.3, -0.25) is 10.2 Å². The van der Waals surface area contributed by atoms with Gasteiger partial charge in [0.1, 0.15) is 5.75 Å². The molecular weight excluding hydrogens is 324 g/mol. The second-order valence-corrected chi connectivity index (χ2v) is 7.65. The summed E-state index contributed by atoms with van der Waals surface area (Å²) in [6.07, 6.45) is 12.5. The van der Waals surface area contributed by atoms with Crippen molar-refractivity contribution < 1.29 is 9.53 Å². The van der Waals surface area contributed by atoms with Gasteiger partial charge in [0.25, 0.3) is 0 Å². The summed E-state index contributed by atoms with van der Waals surface area (Å²) in [5.74, 6) is 0.900. The van der Waals surface area contributed by atoms with Gasteiger partial charge in [0.2, 0.25) is 5.91 Å². The monoisotopic (exact) mass is 358 g/mol. The summed E-state index contributed by atoms with van der Waals surface area (Å²) in [6, 6.07) is 8.04. The first-order chi connectivity index (χ1) is 12.5. The van der Waals surface area contributed by atoms with E-state index in [9.17, 15) is 4.79 Å². The maximum atomic E-state index is 11.8. The Labute approximate surface area is 158 Å². The van der Waals surface area contributed by atoms with Crippen molar-refractivity contribution in [1.29, 1.82) is 0 Å². The minimum Gasteiger partial charge on any atom is -0.494 e. The van der Waals surface area contributed by atoms with Crippen LogP contribution in [0.3, 0.4) is 0 Å². The van der Waals surface area contributed by atoms with Crippen LogP contribution in [0.15, 0.2) is 30.0 Å². The van der Waals surface area contributed by atoms with Crippen molar-refractivity contribution in [2.24, 2.45) is 5.41 Å². The molecule has 0 atom stereocenters. The summed E-state index contributed by atoms with van der Waals surface area (Å²) >= 11 is 0. The number of hydrogen-bond acceptors (Lipinski definition) is 3. The molecule has 1 heterocycles. The van der Waals surface area contributed by atoms with Gasteiger partial charge >= 0.3 is 0 Å². The van der Waals surface area contributed by atoms with Gasteiger partial charge in [-0.25, -0.2) is 0 Å². The lowest BCUT2D eigenvalue weighted by atomic mass is 9.89. The van der Waals surface area contributed by atoms with Crippen LogP contribution in [0, 0.1) is 5.41 Å². The number of ether oxygens (including phenoxy) is 1. The molecule has 1 aliphatic rings. The number of unbranched alkanes of at least 4 members (excludes halogenated alkanes) is 7. The predicted molar refractivity (Wildman–Crippen MR) is 108 cm³/mol. The number of hydrazine groups is 1. The molecule has 1 amide bonds. The van der Waals surface area contributed by atoms with Crippen LogP contribution in [0.1, 0.15) is 77.7 Å². The zero-order chi connectivity index (χ0) is 18.8. The van der Waals surface area contributed by atoms with Gasteiger partial charge in [0.05, 0.1) is 12.0 Å². The molecule has 2 rings (SSSR count). The topological polar surface area (TPSA) is 50.4 Å². The lowest BCUT2D eigenvalue weighted by Gasteiger charge is -2.14. The second-order valence-electron chi connectivity index (χ2n) is 7.65. The predicted octanol–water partition coefficient (Wildman–Crippen LogP) is 5.21. The third-order valence-electron chi connectivity index (χ3n) is 5.01. The summed E-state index contributed by atoms with van der Waals surface area (Å²) in [7, 11) is 0. The molecule has 0 bridgehead atoms. The highest BCUT2D eigenvalue weighted by Gasteiger charge is 2.37. The Hall–Kier alpha value is -1.97. The number of benzene rings is 1. The molecular formula is C22H34N2O2. The highest BCUT2D eigenvalue weighted by molar-refractivity contribution is 5.89. The van der Waals surface area contributed by atoms with Crippen molar-refractivity contribution in [3.05, 3.63) is 35.5 Å². The maximum absolute atomic E-state index is 11.8. The number of nitrogens with one attached hydrogen (secondary N) is 2. The molecule has 0 saturated carbocycles. The molecule has 0 radical (unpaired) electrons. The van der Waals surface area contributed by atoms with E-state index in [-0.39, 0.29) is 5.91 Å². The number of amides is 1. The molecule has 0 aliphatic carbocycles. The van der Waals surface area contributed by atoms with Crippen LogP contribution < -0.4 is 15.6 Å². The minimum atomic E-state index is -0.522. The Morgan fingerprint density at radius 2 is 1.54 bits per heavy atom. The van der Waals surface area contributed by atoms with E-state index in [1.54, 1.807) is 0 Å². The van der Waals surface area contributed by atoms with Gasteiger partial charge in [-0.1, -0.05) is 64.0 Å². The number of hydrogen-bond donors (Lipinski definition) is 2. The smallest absolute Gasteiger partial charge is 0.249 e. The van der Waals surface area contributed by atoms with Gasteiger partial charge in [0.15, 0.2) is 0 Å². The van der Waals surface area contributed by atoms with Crippen LogP contribution in [0.25, 0.3) is 6.08 Å². The van der Waals surface area contributed by atoms with Gasteiger partial charge in [0, 0.05) is 5.70 Å². The quantitative estimate of drug-likeness (QED) is 0.534. The molecule has 1 aromatic rings. The Kier molecular flexibility index (Phi) is 8.02. The lowest BCUT2D eigenvalue weighted by molar-refractivity contribution is -0.125. The van der Waals surface area contributed by atoms with Crippen LogP contribution in [0.2, 0.25) is 0 Å². The summed E-state index contributed by atoms with van der Waals surface area (Å²) in [5, 5.41) is 0. The largest absolute Gasteiger partial charge is 0.494 e. The zero-order valence-electron chi connectivity index (χ0n) is 16.6. The molecule has 4 heteroatoms. The Balaban J connectivity index is 1.67. The first-order valence-electron chi connectivity index (χ1n) is 10.1. The average molecular weight is 359 g/mol. The fourth-order valence-corrected chi connectivity index (χ4v) is 3.03. The van der Waals surface area contributed by atoms with Crippen molar-refractivity contribution in [2.45, 2.75) is 72.1 Å². The SMILES string of the molecule is CCCCCCCCCCOc1ccc(/C=C2\NNC(=O)C2(C)C)cc1. The van der Waals surface area contributed by atoms with Crippen molar-refractivity contribution in [3.63, 3.8) is 0 Å². The number of rotatable bonds is 11. The van der Waals surface area contributed by atoms with E-state index in [2.05, 4.69) is 17.8 Å². The molecule has 0 aromatic heterocycles. The van der Waals surface area contributed by atoms with Crippen LogP contribution in [0.4, 0.5) is 0 Å². The Morgan fingerprint density at radius 1 is 0.923 bits per heavy atom. The zero-order valence-corrected chi connectivity index (χ0v) is 16.6.